The molecule has 1 spiro atoms. The molecule has 0 bridgehead atoms. The van der Waals surface area contributed by atoms with Crippen molar-refractivity contribution in [3.8, 4) is 11.5 Å². The third-order valence-electron chi connectivity index (χ3n) is 7.32. The minimum Gasteiger partial charge on any atom is -0.436 e. The first-order chi connectivity index (χ1) is 14.7. The van der Waals surface area contributed by atoms with Gasteiger partial charge in [-0.1, -0.05) is 24.3 Å². The summed E-state index contributed by atoms with van der Waals surface area (Å²) in [6.45, 7) is 2.47. The maximum atomic E-state index is 12.6. The lowest BCUT2D eigenvalue weighted by molar-refractivity contribution is -0.142. The van der Waals surface area contributed by atoms with Gasteiger partial charge in [0.05, 0.1) is 0 Å². The molecule has 0 radical (unpaired) electrons. The summed E-state index contributed by atoms with van der Waals surface area (Å²) in [4.78, 5) is 19.2. The van der Waals surface area contributed by atoms with Crippen LogP contribution in [0.5, 0.6) is 0 Å². The molecule has 2 aliphatic heterocycles. The number of rotatable bonds is 3. The zero-order valence-electron chi connectivity index (χ0n) is 17.0. The summed E-state index contributed by atoms with van der Waals surface area (Å²) in [6.07, 6.45) is 5.14. The lowest BCUT2D eigenvalue weighted by Gasteiger charge is -2.34. The molecule has 1 unspecified atom stereocenters. The van der Waals surface area contributed by atoms with E-state index in [0.29, 0.717) is 17.2 Å². The van der Waals surface area contributed by atoms with Gasteiger partial charge in [-0.3, -0.25) is 4.79 Å². The van der Waals surface area contributed by atoms with Crippen LogP contribution in [0.15, 0.2) is 52.9 Å². The van der Waals surface area contributed by atoms with Crippen molar-refractivity contribution in [2.24, 2.45) is 5.41 Å². The Morgan fingerprint density at radius 3 is 2.60 bits per heavy atom. The molecule has 154 valence electrons. The predicted octanol–water partition coefficient (Wildman–Crippen LogP) is 4.77. The highest BCUT2D eigenvalue weighted by atomic mass is 16.5. The van der Waals surface area contributed by atoms with Gasteiger partial charge in [0.25, 0.3) is 5.91 Å². The number of oxazole rings is 1. The van der Waals surface area contributed by atoms with Crippen LogP contribution in [-0.2, 0) is 9.53 Å². The number of amides is 1. The van der Waals surface area contributed by atoms with Gasteiger partial charge < -0.3 is 14.1 Å². The van der Waals surface area contributed by atoms with Crippen molar-refractivity contribution in [1.82, 2.24) is 9.88 Å². The van der Waals surface area contributed by atoms with Crippen LogP contribution in [0.25, 0.3) is 22.6 Å². The standard InChI is InChI=1S/C25H26N2O3/c28-24(22-6-3-15-29-22)27-13-11-25(12-14-27)16-19(25)17-7-9-18(10-8-17)23-26-20-4-1-2-5-21(20)30-23/h1-2,4-5,7-10,19,22H,3,6,11-16H2/t19?,22-/m1/s1. The molecule has 1 amide bonds. The van der Waals surface area contributed by atoms with E-state index < -0.39 is 0 Å². The number of fused-ring (bicyclic) bond motifs is 1. The first-order valence-electron chi connectivity index (χ1n) is 11.1. The lowest BCUT2D eigenvalue weighted by atomic mass is 9.88. The number of benzene rings is 2. The predicted molar refractivity (Wildman–Crippen MR) is 114 cm³/mol. The fraction of sp³-hybridized carbons (Fsp3) is 0.440. The van der Waals surface area contributed by atoms with Gasteiger partial charge in [-0.15, -0.1) is 0 Å². The number of ether oxygens (including phenoxy) is 1. The molecule has 1 saturated carbocycles. The Balaban J connectivity index is 1.12. The van der Waals surface area contributed by atoms with E-state index >= 15 is 0 Å². The average molecular weight is 402 g/mol. The largest absolute Gasteiger partial charge is 0.436 e. The molecular weight excluding hydrogens is 376 g/mol. The number of hydrogen-bond acceptors (Lipinski definition) is 4. The fourth-order valence-corrected chi connectivity index (χ4v) is 5.37. The summed E-state index contributed by atoms with van der Waals surface area (Å²) in [5.41, 5.74) is 4.51. The van der Waals surface area contributed by atoms with Crippen LogP contribution in [0.1, 0.15) is 43.6 Å². The second kappa shape index (κ2) is 6.95. The zero-order valence-corrected chi connectivity index (χ0v) is 17.0. The Kier molecular flexibility index (Phi) is 4.20. The van der Waals surface area contributed by atoms with Gasteiger partial charge in [-0.2, -0.15) is 0 Å². The van der Waals surface area contributed by atoms with Crippen molar-refractivity contribution in [1.29, 1.82) is 0 Å². The van der Waals surface area contributed by atoms with Crippen LogP contribution in [0.2, 0.25) is 0 Å². The normalized spacial score (nSPS) is 25.1. The minimum absolute atomic E-state index is 0.187. The van der Waals surface area contributed by atoms with Crippen LogP contribution >= 0.6 is 0 Å². The van der Waals surface area contributed by atoms with Gasteiger partial charge in [-0.05, 0) is 73.3 Å². The minimum atomic E-state index is -0.187. The third-order valence-corrected chi connectivity index (χ3v) is 7.32. The van der Waals surface area contributed by atoms with E-state index in [4.69, 9.17) is 9.15 Å². The Bertz CT molecular complexity index is 1040. The van der Waals surface area contributed by atoms with E-state index in [1.165, 1.54) is 12.0 Å². The highest BCUT2D eigenvalue weighted by molar-refractivity contribution is 5.81. The molecule has 3 aromatic rings. The number of para-hydroxylation sites is 2. The number of hydrogen-bond donors (Lipinski definition) is 0. The molecule has 5 nitrogen and oxygen atoms in total. The summed E-state index contributed by atoms with van der Waals surface area (Å²) in [5, 5.41) is 0. The Morgan fingerprint density at radius 1 is 1.07 bits per heavy atom. The van der Waals surface area contributed by atoms with E-state index in [2.05, 4.69) is 29.2 Å². The molecular formula is C25H26N2O3. The summed E-state index contributed by atoms with van der Waals surface area (Å²) in [7, 11) is 0. The van der Waals surface area contributed by atoms with Gasteiger partial charge in [-0.25, -0.2) is 4.98 Å². The molecule has 3 fully saturated rings. The van der Waals surface area contributed by atoms with E-state index in [1.54, 1.807) is 0 Å². The van der Waals surface area contributed by atoms with Crippen molar-refractivity contribution in [3.05, 3.63) is 54.1 Å². The SMILES string of the molecule is O=C([C@H]1CCCO1)N1CCC2(CC1)CC2c1ccc(-c2nc3ccccc3o2)cc1. The Hall–Kier alpha value is -2.66. The van der Waals surface area contributed by atoms with Crippen molar-refractivity contribution >= 4 is 17.0 Å². The number of aromatic nitrogens is 1. The highest BCUT2D eigenvalue weighted by Crippen LogP contribution is 2.65. The monoisotopic (exact) mass is 402 g/mol. The third kappa shape index (κ3) is 3.03. The number of piperidine rings is 1. The van der Waals surface area contributed by atoms with Gasteiger partial charge in [0.2, 0.25) is 5.89 Å². The zero-order chi connectivity index (χ0) is 20.1. The first kappa shape index (κ1) is 18.1. The van der Waals surface area contributed by atoms with Gasteiger partial charge in [0, 0.05) is 25.3 Å². The van der Waals surface area contributed by atoms with Crippen LogP contribution < -0.4 is 0 Å². The van der Waals surface area contributed by atoms with Gasteiger partial charge in [0.15, 0.2) is 5.58 Å². The molecule has 30 heavy (non-hydrogen) atoms. The van der Waals surface area contributed by atoms with Crippen LogP contribution in [0.3, 0.4) is 0 Å². The maximum Gasteiger partial charge on any atom is 0.251 e. The molecule has 1 aliphatic carbocycles. The number of carbonyl (C=O) groups is 1. The van der Waals surface area contributed by atoms with Gasteiger partial charge in [0.1, 0.15) is 11.6 Å². The van der Waals surface area contributed by atoms with E-state index in [-0.39, 0.29) is 12.0 Å². The van der Waals surface area contributed by atoms with Crippen molar-refractivity contribution in [2.45, 2.75) is 44.1 Å². The van der Waals surface area contributed by atoms with Crippen molar-refractivity contribution < 1.29 is 13.9 Å². The molecule has 3 aliphatic rings. The van der Waals surface area contributed by atoms with Crippen LogP contribution in [-0.4, -0.2) is 41.6 Å². The molecule has 2 atom stereocenters. The summed E-state index contributed by atoms with van der Waals surface area (Å²) in [6, 6.07) is 16.6. The summed E-state index contributed by atoms with van der Waals surface area (Å²) < 4.78 is 11.5. The molecule has 3 heterocycles. The molecule has 6 rings (SSSR count). The molecule has 5 heteroatoms. The number of likely N-dealkylation sites (tertiary alicyclic amines) is 1. The summed E-state index contributed by atoms with van der Waals surface area (Å²) >= 11 is 0. The Labute approximate surface area is 176 Å². The molecule has 2 aromatic carbocycles. The maximum absolute atomic E-state index is 12.6. The topological polar surface area (TPSA) is 55.6 Å². The van der Waals surface area contributed by atoms with E-state index in [0.717, 1.165) is 62.0 Å². The lowest BCUT2D eigenvalue weighted by Crippen LogP contribution is -2.44. The molecule has 2 saturated heterocycles. The smallest absolute Gasteiger partial charge is 0.251 e. The second-order valence-electron chi connectivity index (χ2n) is 9.05. The summed E-state index contributed by atoms with van der Waals surface area (Å²) in [5.74, 6) is 1.49. The quantitative estimate of drug-likeness (QED) is 0.633. The van der Waals surface area contributed by atoms with Crippen molar-refractivity contribution in [2.75, 3.05) is 19.7 Å². The highest BCUT2D eigenvalue weighted by Gasteiger charge is 2.55. The molecule has 1 aromatic heterocycles. The van der Waals surface area contributed by atoms with Crippen LogP contribution in [0.4, 0.5) is 0 Å². The van der Waals surface area contributed by atoms with Crippen LogP contribution in [0, 0.1) is 5.41 Å². The van der Waals surface area contributed by atoms with Crippen molar-refractivity contribution in [3.63, 3.8) is 0 Å². The average Bonchev–Trinajstić information content (AvgIpc) is 3.18. The Morgan fingerprint density at radius 2 is 1.87 bits per heavy atom. The van der Waals surface area contributed by atoms with E-state index in [9.17, 15) is 4.79 Å². The van der Waals surface area contributed by atoms with E-state index in [1.807, 2.05) is 29.2 Å². The number of carbonyl (C=O) groups excluding carboxylic acids is 1. The van der Waals surface area contributed by atoms with Gasteiger partial charge >= 0.3 is 0 Å². The number of nitrogens with zero attached hydrogens (tertiary/aromatic N) is 2. The molecule has 0 N–H and O–H groups in total. The second-order valence-corrected chi connectivity index (χ2v) is 9.05. The fourth-order valence-electron chi connectivity index (χ4n) is 5.37. The first-order valence-corrected chi connectivity index (χ1v) is 11.1.